The van der Waals surface area contributed by atoms with Crippen LogP contribution in [0.4, 0.5) is 44.6 Å². The van der Waals surface area contributed by atoms with Crippen molar-refractivity contribution < 1.29 is 63.5 Å². The molecule has 4 aromatic carbocycles. The molecule has 54 heavy (non-hydrogen) atoms. The number of rotatable bonds is 14. The lowest BCUT2D eigenvalue weighted by atomic mass is 10.1. The van der Waals surface area contributed by atoms with Crippen LogP contribution in [0.2, 0.25) is 0 Å². The van der Waals surface area contributed by atoms with Gasteiger partial charge in [0.2, 0.25) is 0 Å². The zero-order valence-corrected chi connectivity index (χ0v) is 29.6. The van der Waals surface area contributed by atoms with E-state index in [0.717, 1.165) is 29.8 Å². The van der Waals surface area contributed by atoms with Crippen LogP contribution in [0, 0.1) is 6.92 Å². The number of benzene rings is 4. The second kappa shape index (κ2) is 16.2. The average molecular weight is 807 g/mol. The molecule has 0 atom stereocenters. The number of phenols is 2. The number of carbonyl (C=O) groups is 2. The highest BCUT2D eigenvalue weighted by molar-refractivity contribution is 7.91. The van der Waals surface area contributed by atoms with Gasteiger partial charge in [-0.05, 0) is 61.5 Å². The van der Waals surface area contributed by atoms with E-state index in [1.807, 2.05) is 6.92 Å². The topological polar surface area (TPSA) is 359 Å². The molecule has 2 amide bonds. The van der Waals surface area contributed by atoms with Crippen molar-refractivity contribution in [1.29, 1.82) is 0 Å². The Labute approximate surface area is 305 Å². The standard InChI is InChI=1S/C29H26N8O14S3/c1-15-2-4-16(5-3-15)32-36-25-19(28(40)41)14-23(38)26(27(25)39)37-33-17-6-8-20(22(12-17)31-29(30)42)34-35-21-9-7-18(13-24(21)53(45,46)47)52(43,44)11-10-51-54(48,49)50/h2-9,12-14,38-39H,10-11H2,1H3,(H,40,41)(H3,30,31,42)(H,45,46,47)(H,48,49,50). The van der Waals surface area contributed by atoms with E-state index in [1.54, 1.807) is 24.3 Å². The Morgan fingerprint density at radius 1 is 0.759 bits per heavy atom. The minimum absolute atomic E-state index is 0.0900. The van der Waals surface area contributed by atoms with Gasteiger partial charge in [0.15, 0.2) is 21.3 Å². The van der Waals surface area contributed by atoms with Crippen molar-refractivity contribution in [2.24, 2.45) is 36.4 Å². The average Bonchev–Trinajstić information content (AvgIpc) is 3.06. The minimum Gasteiger partial charge on any atom is -0.505 e. The van der Waals surface area contributed by atoms with E-state index < -0.39 is 98.6 Å². The minimum atomic E-state index is -5.16. The number of nitrogens with two attached hydrogens (primary N) is 1. The Morgan fingerprint density at radius 3 is 1.96 bits per heavy atom. The molecule has 0 aliphatic carbocycles. The zero-order chi connectivity index (χ0) is 40.0. The monoisotopic (exact) mass is 806 g/mol. The highest BCUT2D eigenvalue weighted by Gasteiger charge is 2.24. The van der Waals surface area contributed by atoms with Crippen molar-refractivity contribution in [2.75, 3.05) is 17.7 Å². The maximum atomic E-state index is 12.6. The number of primary amides is 1. The summed E-state index contributed by atoms with van der Waals surface area (Å²) in [6.45, 7) is 0.816. The van der Waals surface area contributed by atoms with Gasteiger partial charge >= 0.3 is 22.4 Å². The van der Waals surface area contributed by atoms with Crippen molar-refractivity contribution in [3.8, 4) is 11.5 Å². The highest BCUT2D eigenvalue weighted by atomic mass is 32.3. The van der Waals surface area contributed by atoms with E-state index >= 15 is 0 Å². The largest absolute Gasteiger partial charge is 0.505 e. The first kappa shape index (κ1) is 40.5. The normalized spacial score (nSPS) is 12.5. The van der Waals surface area contributed by atoms with Crippen LogP contribution < -0.4 is 11.1 Å². The third-order valence-electron chi connectivity index (χ3n) is 6.68. The number of nitrogens with one attached hydrogen (secondary N) is 1. The van der Waals surface area contributed by atoms with Gasteiger partial charge in [-0.25, -0.2) is 22.2 Å². The first-order chi connectivity index (χ1) is 25.1. The number of urea groups is 1. The van der Waals surface area contributed by atoms with Gasteiger partial charge in [0.05, 0.1) is 39.9 Å². The van der Waals surface area contributed by atoms with Crippen LogP contribution in [0.25, 0.3) is 0 Å². The second-order valence-corrected chi connectivity index (χ2v) is 15.2. The molecule has 4 aromatic rings. The van der Waals surface area contributed by atoms with Crippen LogP contribution in [0.3, 0.4) is 0 Å². The van der Waals surface area contributed by atoms with Gasteiger partial charge in [-0.2, -0.15) is 27.1 Å². The Balaban J connectivity index is 1.69. The third kappa shape index (κ3) is 10.6. The number of anilines is 1. The number of sulfone groups is 1. The molecule has 4 rings (SSSR count). The number of carboxylic acid groups (broad SMARTS) is 1. The van der Waals surface area contributed by atoms with E-state index in [4.69, 9.17) is 10.3 Å². The van der Waals surface area contributed by atoms with Crippen LogP contribution in [0.5, 0.6) is 11.5 Å². The number of hydrogen-bond acceptors (Lipinski definition) is 17. The SMILES string of the molecule is Cc1ccc(N=Nc2c(C(=O)O)cc(O)c(N=Nc3ccc(N=Nc4ccc(S(=O)(=O)CCOS(=O)(=O)O)cc4S(=O)(=O)O)c(NC(N)=O)c3)c2O)cc1. The maximum Gasteiger partial charge on any atom is 0.397 e. The summed E-state index contributed by atoms with van der Waals surface area (Å²) in [5.74, 6) is -4.27. The van der Waals surface area contributed by atoms with E-state index in [-0.39, 0.29) is 17.1 Å². The Hall–Kier alpha value is -6.25. The molecule has 0 aliphatic rings. The van der Waals surface area contributed by atoms with Crippen LogP contribution in [-0.4, -0.2) is 74.0 Å². The predicted molar refractivity (Wildman–Crippen MR) is 186 cm³/mol. The summed E-state index contributed by atoms with van der Waals surface area (Å²) >= 11 is 0. The molecular formula is C29H26N8O14S3. The fourth-order valence-corrected chi connectivity index (χ4v) is 6.42. The van der Waals surface area contributed by atoms with Crippen LogP contribution in [0.15, 0.2) is 107 Å². The molecule has 0 heterocycles. The lowest BCUT2D eigenvalue weighted by Gasteiger charge is -2.09. The van der Waals surface area contributed by atoms with Crippen molar-refractivity contribution in [3.63, 3.8) is 0 Å². The molecular weight excluding hydrogens is 781 g/mol. The Bertz CT molecular complexity index is 2560. The summed E-state index contributed by atoms with van der Waals surface area (Å²) in [6.07, 6.45) is 0. The third-order valence-corrected chi connectivity index (χ3v) is 9.70. The number of amides is 2. The molecule has 25 heteroatoms. The molecule has 0 bridgehead atoms. The van der Waals surface area contributed by atoms with Crippen molar-refractivity contribution in [3.05, 3.63) is 77.9 Å². The summed E-state index contributed by atoms with van der Waals surface area (Å²) < 4.78 is 93.2. The van der Waals surface area contributed by atoms with Gasteiger partial charge in [-0.3, -0.25) is 9.11 Å². The quantitative estimate of drug-likeness (QED) is 0.0595. The lowest BCUT2D eigenvalue weighted by molar-refractivity contribution is 0.0696. The first-order valence-electron chi connectivity index (χ1n) is 14.5. The highest BCUT2D eigenvalue weighted by Crippen LogP contribution is 2.47. The Morgan fingerprint density at radius 2 is 1.35 bits per heavy atom. The van der Waals surface area contributed by atoms with E-state index in [9.17, 15) is 54.7 Å². The van der Waals surface area contributed by atoms with Crippen LogP contribution in [-0.2, 0) is 34.5 Å². The van der Waals surface area contributed by atoms with E-state index in [1.165, 1.54) is 12.1 Å². The summed E-state index contributed by atoms with van der Waals surface area (Å²) in [4.78, 5) is 21.8. The summed E-state index contributed by atoms with van der Waals surface area (Å²) in [6, 6.07) is 12.0. The first-order valence-corrected chi connectivity index (χ1v) is 18.9. The molecule has 0 radical (unpaired) electrons. The fraction of sp³-hybridized carbons (Fsp3) is 0.103. The maximum absolute atomic E-state index is 12.6. The molecule has 0 aromatic heterocycles. The summed E-state index contributed by atoms with van der Waals surface area (Å²) in [5.41, 5.74) is 3.61. The van der Waals surface area contributed by atoms with Crippen LogP contribution in [0.1, 0.15) is 15.9 Å². The number of carboxylic acids is 1. The fourth-order valence-electron chi connectivity index (χ4n) is 4.18. The number of nitrogens with zero attached hydrogens (tertiary/aromatic N) is 6. The van der Waals surface area contributed by atoms with Crippen molar-refractivity contribution >= 4 is 82.2 Å². The van der Waals surface area contributed by atoms with Gasteiger partial charge in [0, 0.05) is 0 Å². The molecule has 8 N–H and O–H groups in total. The summed E-state index contributed by atoms with van der Waals surface area (Å²) in [7, 11) is -14.6. The smallest absolute Gasteiger partial charge is 0.397 e. The molecule has 0 saturated heterocycles. The summed E-state index contributed by atoms with van der Waals surface area (Å²) in [5, 5.41) is 56.1. The molecule has 0 unspecified atom stereocenters. The van der Waals surface area contributed by atoms with Crippen LogP contribution >= 0.6 is 0 Å². The number of hydrogen-bond donors (Lipinski definition) is 7. The molecule has 0 aliphatic heterocycles. The predicted octanol–water partition coefficient (Wildman–Crippen LogP) is 5.68. The number of carbonyl (C=O) groups excluding carboxylic acids is 1. The van der Waals surface area contributed by atoms with Crippen molar-refractivity contribution in [1.82, 2.24) is 0 Å². The Kier molecular flexibility index (Phi) is 12.1. The second-order valence-electron chi connectivity index (χ2n) is 10.6. The zero-order valence-electron chi connectivity index (χ0n) is 27.2. The van der Waals surface area contributed by atoms with Crippen molar-refractivity contribution in [2.45, 2.75) is 16.7 Å². The molecule has 0 saturated carbocycles. The number of azo groups is 3. The van der Waals surface area contributed by atoms with Gasteiger partial charge in [0.25, 0.3) is 10.1 Å². The number of phenolic OH excluding ortho intramolecular Hbond substituents is 2. The number of aryl methyl sites for hydroxylation is 1. The molecule has 0 spiro atoms. The van der Waals surface area contributed by atoms with Gasteiger partial charge in [0.1, 0.15) is 27.7 Å². The number of aromatic carboxylic acids is 1. The molecule has 22 nitrogen and oxygen atoms in total. The molecule has 284 valence electrons. The van der Waals surface area contributed by atoms with Gasteiger partial charge < -0.3 is 26.4 Å². The van der Waals surface area contributed by atoms with E-state index in [0.29, 0.717) is 11.8 Å². The van der Waals surface area contributed by atoms with Gasteiger partial charge in [-0.1, -0.05) is 17.7 Å². The van der Waals surface area contributed by atoms with E-state index in [2.05, 4.69) is 40.2 Å². The molecule has 0 fully saturated rings. The van der Waals surface area contributed by atoms with Gasteiger partial charge in [-0.15, -0.1) is 20.5 Å². The lowest BCUT2D eigenvalue weighted by Crippen LogP contribution is -2.19. The number of aromatic hydroxyl groups is 2.